The number of rotatable bonds is 7. The minimum atomic E-state index is 0.0721. The molecule has 0 aliphatic rings. The van der Waals surface area contributed by atoms with Gasteiger partial charge in [0.1, 0.15) is 17.2 Å². The lowest BCUT2D eigenvalue weighted by Crippen LogP contribution is -2.14. The SMILES string of the molecule is CCOc1cc(CCOc2ccc(OC)cc2)ccc1C(C)(C)C. The van der Waals surface area contributed by atoms with E-state index in [2.05, 4.69) is 39.0 Å². The first-order valence-corrected chi connectivity index (χ1v) is 8.47. The lowest BCUT2D eigenvalue weighted by molar-refractivity contribution is 0.318. The van der Waals surface area contributed by atoms with Gasteiger partial charge >= 0.3 is 0 Å². The van der Waals surface area contributed by atoms with Crippen LogP contribution in [0.15, 0.2) is 42.5 Å². The van der Waals surface area contributed by atoms with Gasteiger partial charge in [-0.3, -0.25) is 0 Å². The van der Waals surface area contributed by atoms with E-state index in [0.717, 1.165) is 23.7 Å². The predicted octanol–water partition coefficient (Wildman–Crippen LogP) is 5.01. The Bertz CT molecular complexity index is 639. The average Bonchev–Trinajstić information content (AvgIpc) is 2.55. The molecule has 0 N–H and O–H groups in total. The van der Waals surface area contributed by atoms with Crippen LogP contribution in [0.1, 0.15) is 38.8 Å². The Kier molecular flexibility index (Phi) is 6.13. The normalized spacial score (nSPS) is 11.2. The number of ether oxygens (including phenoxy) is 3. The van der Waals surface area contributed by atoms with Crippen molar-refractivity contribution in [3.63, 3.8) is 0 Å². The van der Waals surface area contributed by atoms with Crippen LogP contribution in [-0.4, -0.2) is 20.3 Å². The molecule has 2 aromatic carbocycles. The first-order chi connectivity index (χ1) is 11.4. The molecule has 0 spiro atoms. The van der Waals surface area contributed by atoms with Gasteiger partial charge in [0.15, 0.2) is 0 Å². The van der Waals surface area contributed by atoms with Crippen molar-refractivity contribution in [2.24, 2.45) is 0 Å². The summed E-state index contributed by atoms with van der Waals surface area (Å²) in [7, 11) is 1.66. The Morgan fingerprint density at radius 3 is 2.12 bits per heavy atom. The summed E-state index contributed by atoms with van der Waals surface area (Å²) in [6, 6.07) is 14.1. The molecule has 0 amide bonds. The van der Waals surface area contributed by atoms with Gasteiger partial charge in [-0.05, 0) is 53.8 Å². The lowest BCUT2D eigenvalue weighted by Gasteiger charge is -2.23. The van der Waals surface area contributed by atoms with Gasteiger partial charge in [-0.2, -0.15) is 0 Å². The molecule has 0 atom stereocenters. The summed E-state index contributed by atoms with van der Waals surface area (Å²) < 4.78 is 16.8. The molecule has 0 saturated heterocycles. The predicted molar refractivity (Wildman–Crippen MR) is 98.5 cm³/mol. The molecule has 2 rings (SSSR count). The minimum absolute atomic E-state index is 0.0721. The van der Waals surface area contributed by atoms with Crippen molar-refractivity contribution in [3.8, 4) is 17.2 Å². The van der Waals surface area contributed by atoms with Gasteiger partial charge in [-0.1, -0.05) is 32.9 Å². The molecule has 0 bridgehead atoms. The van der Waals surface area contributed by atoms with Crippen LogP contribution < -0.4 is 14.2 Å². The third-order valence-electron chi connectivity index (χ3n) is 3.87. The van der Waals surface area contributed by atoms with E-state index in [4.69, 9.17) is 14.2 Å². The minimum Gasteiger partial charge on any atom is -0.497 e. The molecule has 0 aromatic heterocycles. The number of hydrogen-bond acceptors (Lipinski definition) is 3. The summed E-state index contributed by atoms with van der Waals surface area (Å²) in [6.07, 6.45) is 0.844. The molecule has 3 heteroatoms. The van der Waals surface area contributed by atoms with E-state index < -0.39 is 0 Å². The summed E-state index contributed by atoms with van der Waals surface area (Å²) in [5.74, 6) is 2.67. The number of methoxy groups -OCH3 is 1. The van der Waals surface area contributed by atoms with E-state index in [9.17, 15) is 0 Å². The standard InChI is InChI=1S/C21H28O3/c1-6-23-20-15-16(7-12-19(20)21(2,3)4)13-14-24-18-10-8-17(22-5)9-11-18/h7-12,15H,6,13-14H2,1-5H3. The van der Waals surface area contributed by atoms with E-state index in [-0.39, 0.29) is 5.41 Å². The van der Waals surface area contributed by atoms with Crippen molar-refractivity contribution in [3.05, 3.63) is 53.6 Å². The Labute approximate surface area is 145 Å². The van der Waals surface area contributed by atoms with E-state index in [1.165, 1.54) is 11.1 Å². The molecule has 0 radical (unpaired) electrons. The summed E-state index contributed by atoms with van der Waals surface area (Å²) in [5.41, 5.74) is 2.53. The van der Waals surface area contributed by atoms with Crippen LogP contribution in [-0.2, 0) is 11.8 Å². The molecule has 3 nitrogen and oxygen atoms in total. The Morgan fingerprint density at radius 2 is 1.54 bits per heavy atom. The monoisotopic (exact) mass is 328 g/mol. The summed E-state index contributed by atoms with van der Waals surface area (Å²) >= 11 is 0. The fourth-order valence-electron chi connectivity index (χ4n) is 2.58. The van der Waals surface area contributed by atoms with E-state index >= 15 is 0 Å². The molecule has 0 unspecified atom stereocenters. The van der Waals surface area contributed by atoms with Gasteiger partial charge in [0.2, 0.25) is 0 Å². The van der Waals surface area contributed by atoms with E-state index in [0.29, 0.717) is 13.2 Å². The molecule has 0 aliphatic carbocycles. The Balaban J connectivity index is 2.00. The van der Waals surface area contributed by atoms with Crippen molar-refractivity contribution in [2.75, 3.05) is 20.3 Å². The molecular weight excluding hydrogens is 300 g/mol. The van der Waals surface area contributed by atoms with Crippen LogP contribution in [0.2, 0.25) is 0 Å². The van der Waals surface area contributed by atoms with Crippen LogP contribution >= 0.6 is 0 Å². The third kappa shape index (κ3) is 4.92. The van der Waals surface area contributed by atoms with Crippen molar-refractivity contribution < 1.29 is 14.2 Å². The molecule has 0 aliphatic heterocycles. The molecule has 130 valence electrons. The maximum atomic E-state index is 5.84. The van der Waals surface area contributed by atoms with Gasteiger partial charge in [0, 0.05) is 6.42 Å². The average molecular weight is 328 g/mol. The molecule has 0 fully saturated rings. The molecule has 2 aromatic rings. The second-order valence-electron chi connectivity index (χ2n) is 6.79. The zero-order valence-electron chi connectivity index (χ0n) is 15.4. The highest BCUT2D eigenvalue weighted by Gasteiger charge is 2.19. The molecule has 0 saturated carbocycles. The fraction of sp³-hybridized carbons (Fsp3) is 0.429. The van der Waals surface area contributed by atoms with E-state index in [1.54, 1.807) is 7.11 Å². The van der Waals surface area contributed by atoms with Gasteiger partial charge < -0.3 is 14.2 Å². The van der Waals surface area contributed by atoms with Crippen LogP contribution in [0, 0.1) is 0 Å². The van der Waals surface area contributed by atoms with Crippen molar-refractivity contribution >= 4 is 0 Å². The molecule has 0 heterocycles. The van der Waals surface area contributed by atoms with Crippen LogP contribution in [0.25, 0.3) is 0 Å². The smallest absolute Gasteiger partial charge is 0.123 e. The highest BCUT2D eigenvalue weighted by Crippen LogP contribution is 2.32. The van der Waals surface area contributed by atoms with Gasteiger partial charge in [0.25, 0.3) is 0 Å². The van der Waals surface area contributed by atoms with Crippen LogP contribution in [0.3, 0.4) is 0 Å². The number of benzene rings is 2. The van der Waals surface area contributed by atoms with E-state index in [1.807, 2.05) is 31.2 Å². The molecular formula is C21H28O3. The summed E-state index contributed by atoms with van der Waals surface area (Å²) in [6.45, 7) is 9.94. The topological polar surface area (TPSA) is 27.7 Å². The first kappa shape index (κ1) is 18.2. The summed E-state index contributed by atoms with van der Waals surface area (Å²) in [5, 5.41) is 0. The highest BCUT2D eigenvalue weighted by atomic mass is 16.5. The Hall–Kier alpha value is -2.16. The zero-order valence-corrected chi connectivity index (χ0v) is 15.4. The van der Waals surface area contributed by atoms with Crippen molar-refractivity contribution in [1.29, 1.82) is 0 Å². The Morgan fingerprint density at radius 1 is 0.875 bits per heavy atom. The van der Waals surface area contributed by atoms with Crippen molar-refractivity contribution in [1.82, 2.24) is 0 Å². The van der Waals surface area contributed by atoms with Crippen LogP contribution in [0.4, 0.5) is 0 Å². The summed E-state index contributed by atoms with van der Waals surface area (Å²) in [4.78, 5) is 0. The largest absolute Gasteiger partial charge is 0.497 e. The second kappa shape index (κ2) is 8.09. The maximum Gasteiger partial charge on any atom is 0.123 e. The highest BCUT2D eigenvalue weighted by molar-refractivity contribution is 5.42. The lowest BCUT2D eigenvalue weighted by atomic mass is 9.85. The first-order valence-electron chi connectivity index (χ1n) is 8.47. The second-order valence-corrected chi connectivity index (χ2v) is 6.79. The van der Waals surface area contributed by atoms with Gasteiger partial charge in [-0.15, -0.1) is 0 Å². The third-order valence-corrected chi connectivity index (χ3v) is 3.87. The van der Waals surface area contributed by atoms with Crippen LogP contribution in [0.5, 0.6) is 17.2 Å². The quantitative estimate of drug-likeness (QED) is 0.715. The number of hydrogen-bond donors (Lipinski definition) is 0. The zero-order chi connectivity index (χ0) is 17.6. The van der Waals surface area contributed by atoms with Gasteiger partial charge in [-0.25, -0.2) is 0 Å². The van der Waals surface area contributed by atoms with Crippen molar-refractivity contribution in [2.45, 2.75) is 39.5 Å². The maximum absolute atomic E-state index is 5.84. The molecule has 24 heavy (non-hydrogen) atoms. The fourth-order valence-corrected chi connectivity index (χ4v) is 2.58. The van der Waals surface area contributed by atoms with Gasteiger partial charge in [0.05, 0.1) is 20.3 Å².